The van der Waals surface area contributed by atoms with Crippen molar-refractivity contribution in [2.75, 3.05) is 0 Å². The van der Waals surface area contributed by atoms with Gasteiger partial charge in [0.25, 0.3) is 0 Å². The maximum Gasteiger partial charge on any atom is 0.416 e. The zero-order valence-electron chi connectivity index (χ0n) is 19.4. The minimum Gasteiger partial charge on any atom is -0.289 e. The minimum atomic E-state index is -4.47. The Morgan fingerprint density at radius 1 is 0.514 bits per heavy atom. The third-order valence-electron chi connectivity index (χ3n) is 6.62. The number of halogens is 3. The van der Waals surface area contributed by atoms with E-state index in [-0.39, 0.29) is 22.7 Å². The van der Waals surface area contributed by atoms with E-state index in [4.69, 9.17) is 0 Å². The predicted molar refractivity (Wildman–Crippen MR) is 130 cm³/mol. The number of fused-ring (bicyclic) bond motifs is 2. The van der Waals surface area contributed by atoms with Crippen LogP contribution in [0.2, 0.25) is 0 Å². The smallest absolute Gasteiger partial charge is 0.289 e. The molecular formula is C30H21F3O2. The molecule has 0 aliphatic heterocycles. The van der Waals surface area contributed by atoms with Crippen molar-refractivity contribution in [3.63, 3.8) is 0 Å². The molecule has 0 amide bonds. The summed E-state index contributed by atoms with van der Waals surface area (Å²) in [6.45, 7) is 5.56. The molecule has 4 aromatic rings. The van der Waals surface area contributed by atoms with Gasteiger partial charge in [-0.05, 0) is 66.3 Å². The average molecular weight is 470 g/mol. The van der Waals surface area contributed by atoms with Crippen LogP contribution < -0.4 is 0 Å². The van der Waals surface area contributed by atoms with Gasteiger partial charge in [-0.3, -0.25) is 9.59 Å². The summed E-state index contributed by atoms with van der Waals surface area (Å²) in [4.78, 5) is 27.9. The van der Waals surface area contributed by atoms with Crippen LogP contribution in [0.5, 0.6) is 0 Å². The summed E-state index contributed by atoms with van der Waals surface area (Å²) in [5.41, 5.74) is 5.26. The molecule has 1 aliphatic carbocycles. The predicted octanol–water partition coefficient (Wildman–Crippen LogP) is 7.74. The Morgan fingerprint density at radius 3 is 1.31 bits per heavy atom. The molecule has 0 bridgehead atoms. The van der Waals surface area contributed by atoms with Crippen molar-refractivity contribution in [2.45, 2.75) is 26.9 Å². The Balaban J connectivity index is 1.81. The van der Waals surface area contributed by atoms with Crippen LogP contribution in [0.1, 0.15) is 54.1 Å². The fourth-order valence-electron chi connectivity index (χ4n) is 4.77. The first-order valence-electron chi connectivity index (χ1n) is 11.2. The summed E-state index contributed by atoms with van der Waals surface area (Å²) in [6.07, 6.45) is -4.47. The van der Waals surface area contributed by atoms with E-state index in [0.717, 1.165) is 23.3 Å². The van der Waals surface area contributed by atoms with Crippen molar-refractivity contribution in [3.05, 3.63) is 117 Å². The monoisotopic (exact) mass is 470 g/mol. The number of benzene rings is 4. The van der Waals surface area contributed by atoms with Gasteiger partial charge in [0.2, 0.25) is 0 Å². The molecule has 174 valence electrons. The van der Waals surface area contributed by atoms with Gasteiger partial charge in [0, 0.05) is 22.3 Å². The normalized spacial score (nSPS) is 13.0. The van der Waals surface area contributed by atoms with E-state index >= 15 is 0 Å². The second-order valence-electron chi connectivity index (χ2n) is 8.96. The highest BCUT2D eigenvalue weighted by atomic mass is 19.4. The number of aryl methyl sites for hydroxylation is 3. The van der Waals surface area contributed by atoms with Gasteiger partial charge in [0.05, 0.1) is 5.56 Å². The van der Waals surface area contributed by atoms with E-state index in [1.807, 2.05) is 43.3 Å². The van der Waals surface area contributed by atoms with Crippen LogP contribution >= 0.6 is 0 Å². The van der Waals surface area contributed by atoms with Crippen LogP contribution in [0, 0.1) is 20.8 Å². The summed E-state index contributed by atoms with van der Waals surface area (Å²) >= 11 is 0. The van der Waals surface area contributed by atoms with Crippen LogP contribution in [0.4, 0.5) is 13.2 Å². The van der Waals surface area contributed by atoms with E-state index in [9.17, 15) is 22.8 Å². The molecule has 35 heavy (non-hydrogen) atoms. The van der Waals surface area contributed by atoms with Crippen molar-refractivity contribution in [2.24, 2.45) is 0 Å². The molecule has 0 unspecified atom stereocenters. The molecule has 0 atom stereocenters. The van der Waals surface area contributed by atoms with Gasteiger partial charge in [-0.2, -0.15) is 13.2 Å². The number of alkyl halides is 3. The molecule has 0 N–H and O–H groups in total. The molecule has 0 saturated carbocycles. The lowest BCUT2D eigenvalue weighted by Crippen LogP contribution is -2.25. The lowest BCUT2D eigenvalue weighted by atomic mass is 9.75. The van der Waals surface area contributed by atoms with E-state index in [0.29, 0.717) is 38.9 Å². The lowest BCUT2D eigenvalue weighted by molar-refractivity contribution is -0.137. The van der Waals surface area contributed by atoms with Crippen molar-refractivity contribution in [1.29, 1.82) is 0 Å². The highest BCUT2D eigenvalue weighted by Crippen LogP contribution is 2.42. The zero-order chi connectivity index (χ0) is 25.1. The van der Waals surface area contributed by atoms with Crippen LogP contribution in [0.25, 0.3) is 22.3 Å². The van der Waals surface area contributed by atoms with Crippen molar-refractivity contribution in [1.82, 2.24) is 0 Å². The largest absolute Gasteiger partial charge is 0.416 e. The van der Waals surface area contributed by atoms with Gasteiger partial charge in [0.15, 0.2) is 11.6 Å². The number of hydrogen-bond acceptors (Lipinski definition) is 2. The number of carbonyl (C=O) groups is 2. The number of rotatable bonds is 2. The third kappa shape index (κ3) is 3.68. The molecule has 0 radical (unpaired) electrons. The molecule has 1 aliphatic rings. The molecule has 0 heterocycles. The Bertz CT molecular complexity index is 1510. The summed E-state index contributed by atoms with van der Waals surface area (Å²) in [5, 5.41) is 0. The molecule has 0 aromatic heterocycles. The first-order chi connectivity index (χ1) is 16.6. The van der Waals surface area contributed by atoms with Crippen molar-refractivity contribution in [3.8, 4) is 22.3 Å². The highest BCUT2D eigenvalue weighted by Gasteiger charge is 2.36. The molecule has 0 saturated heterocycles. The van der Waals surface area contributed by atoms with Crippen molar-refractivity contribution >= 4 is 11.6 Å². The topological polar surface area (TPSA) is 34.1 Å². The van der Waals surface area contributed by atoms with E-state index in [1.54, 1.807) is 26.0 Å². The van der Waals surface area contributed by atoms with E-state index in [1.165, 1.54) is 12.1 Å². The molecule has 5 heteroatoms. The lowest BCUT2D eigenvalue weighted by Gasteiger charge is -2.25. The second-order valence-corrected chi connectivity index (χ2v) is 8.96. The Kier molecular flexibility index (Phi) is 5.24. The highest BCUT2D eigenvalue weighted by molar-refractivity contribution is 6.33. The Morgan fingerprint density at radius 2 is 0.914 bits per heavy atom. The maximum absolute atomic E-state index is 14.0. The number of ketones is 2. The van der Waals surface area contributed by atoms with Gasteiger partial charge in [-0.15, -0.1) is 0 Å². The van der Waals surface area contributed by atoms with Gasteiger partial charge < -0.3 is 0 Å². The zero-order valence-corrected chi connectivity index (χ0v) is 19.4. The fourth-order valence-corrected chi connectivity index (χ4v) is 4.77. The van der Waals surface area contributed by atoms with Gasteiger partial charge in [0.1, 0.15) is 0 Å². The molecule has 0 spiro atoms. The van der Waals surface area contributed by atoms with Crippen LogP contribution in [0.15, 0.2) is 72.8 Å². The minimum absolute atomic E-state index is 0.231. The number of hydrogen-bond donors (Lipinski definition) is 0. The second kappa shape index (κ2) is 8.05. The molecule has 0 fully saturated rings. The fraction of sp³-hybridized carbons (Fsp3) is 0.133. The molecular weight excluding hydrogens is 449 g/mol. The number of carbonyl (C=O) groups excluding carboxylic acids is 2. The van der Waals surface area contributed by atoms with Crippen LogP contribution in [-0.4, -0.2) is 11.6 Å². The first kappa shape index (κ1) is 22.8. The summed E-state index contributed by atoms with van der Waals surface area (Å²) in [7, 11) is 0. The SMILES string of the molecule is Cc1ccc(-c2ccc(-c3ccc(C(F)(F)F)cc3)c3c2C(=O)c2c(C)ccc(C)c2C3=O)cc1. The van der Waals surface area contributed by atoms with Crippen LogP contribution in [-0.2, 0) is 6.18 Å². The molecule has 5 rings (SSSR count). The summed E-state index contributed by atoms with van der Waals surface area (Å²) in [6, 6.07) is 19.5. The average Bonchev–Trinajstić information content (AvgIpc) is 2.83. The van der Waals surface area contributed by atoms with Crippen LogP contribution in [0.3, 0.4) is 0 Å². The summed E-state index contributed by atoms with van der Waals surface area (Å²) in [5.74, 6) is -0.542. The van der Waals surface area contributed by atoms with Crippen molar-refractivity contribution < 1.29 is 22.8 Å². The van der Waals surface area contributed by atoms with E-state index in [2.05, 4.69) is 0 Å². The maximum atomic E-state index is 14.0. The molecule has 4 aromatic carbocycles. The third-order valence-corrected chi connectivity index (χ3v) is 6.62. The first-order valence-corrected chi connectivity index (χ1v) is 11.2. The Labute approximate surface area is 201 Å². The standard InChI is InChI=1S/C30H21F3O2/c1-16-4-8-19(9-5-16)22-14-15-23(20-10-12-21(13-11-20)30(31,32)33)27-26(22)28(34)24-17(2)6-7-18(3)25(24)29(27)35/h4-15H,1-3H3. The van der Waals surface area contributed by atoms with Gasteiger partial charge in [-0.1, -0.05) is 66.2 Å². The summed E-state index contributed by atoms with van der Waals surface area (Å²) < 4.78 is 39.4. The quantitative estimate of drug-likeness (QED) is 0.264. The van der Waals surface area contributed by atoms with E-state index < -0.39 is 11.7 Å². The van der Waals surface area contributed by atoms with Gasteiger partial charge in [-0.25, -0.2) is 0 Å². The van der Waals surface area contributed by atoms with Gasteiger partial charge >= 0.3 is 6.18 Å². The molecule has 2 nitrogen and oxygen atoms in total. The Hall–Kier alpha value is -3.99.